The number of nitrogens with two attached hydrogens (primary N) is 1. The molecule has 102 valence electrons. The Morgan fingerprint density at radius 3 is 2.60 bits per heavy atom. The number of hydrogen-bond donors (Lipinski definition) is 2. The lowest BCUT2D eigenvalue weighted by Gasteiger charge is -2.07. The largest absolute Gasteiger partial charge is 0.441 e. The molecule has 1 aromatic heterocycles. The molecule has 0 aliphatic heterocycles. The van der Waals surface area contributed by atoms with Crippen molar-refractivity contribution in [1.29, 1.82) is 0 Å². The summed E-state index contributed by atoms with van der Waals surface area (Å²) in [4.78, 5) is 4.33. The fraction of sp³-hybridized carbons (Fsp3) is 0.188. The van der Waals surface area contributed by atoms with Crippen molar-refractivity contribution in [3.8, 4) is 0 Å². The number of hydrogen-bond acceptors (Lipinski definition) is 4. The molecule has 0 saturated heterocycles. The highest BCUT2D eigenvalue weighted by Gasteiger charge is 2.03. The minimum atomic E-state index is 0.579. The van der Waals surface area contributed by atoms with Crippen LogP contribution in [0.2, 0.25) is 0 Å². The molecule has 2 aromatic carbocycles. The number of aryl methyl sites for hydroxylation is 1. The van der Waals surface area contributed by atoms with Crippen molar-refractivity contribution >= 4 is 16.8 Å². The van der Waals surface area contributed by atoms with Crippen molar-refractivity contribution in [2.24, 2.45) is 5.73 Å². The Labute approximate surface area is 117 Å². The predicted octanol–water partition coefficient (Wildman–Crippen LogP) is 3.21. The molecule has 0 amide bonds. The second-order valence-electron chi connectivity index (χ2n) is 4.79. The van der Waals surface area contributed by atoms with Gasteiger partial charge in [-0.25, -0.2) is 4.98 Å². The molecule has 20 heavy (non-hydrogen) atoms. The van der Waals surface area contributed by atoms with Crippen LogP contribution in [0.25, 0.3) is 11.1 Å². The van der Waals surface area contributed by atoms with E-state index in [0.29, 0.717) is 12.4 Å². The zero-order chi connectivity index (χ0) is 13.9. The summed E-state index contributed by atoms with van der Waals surface area (Å²) in [5.41, 5.74) is 10.7. The van der Waals surface area contributed by atoms with E-state index in [1.165, 1.54) is 5.56 Å². The number of fused-ring (bicyclic) bond motifs is 1. The zero-order valence-electron chi connectivity index (χ0n) is 11.4. The van der Waals surface area contributed by atoms with Gasteiger partial charge in [-0.05, 0) is 29.3 Å². The van der Waals surface area contributed by atoms with E-state index in [2.05, 4.69) is 34.6 Å². The van der Waals surface area contributed by atoms with Crippen molar-refractivity contribution < 1.29 is 4.42 Å². The summed E-state index contributed by atoms with van der Waals surface area (Å²) in [5, 5.41) is 3.39. The third-order valence-electron chi connectivity index (χ3n) is 3.25. The summed E-state index contributed by atoms with van der Waals surface area (Å²) in [6.07, 6.45) is 0. The Bertz CT molecular complexity index is 716. The minimum Gasteiger partial charge on any atom is -0.441 e. The number of anilines is 1. The second kappa shape index (κ2) is 5.35. The lowest BCUT2D eigenvalue weighted by Crippen LogP contribution is -2.00. The number of rotatable bonds is 4. The number of nitrogens with one attached hydrogen (secondary N) is 1. The summed E-state index contributed by atoms with van der Waals surface area (Å²) < 4.78 is 5.46. The van der Waals surface area contributed by atoms with Crippen LogP contribution in [-0.4, -0.2) is 4.98 Å². The van der Waals surface area contributed by atoms with Crippen molar-refractivity contribution in [2.45, 2.75) is 20.0 Å². The van der Waals surface area contributed by atoms with E-state index in [9.17, 15) is 0 Å². The van der Waals surface area contributed by atoms with Gasteiger partial charge in [0.2, 0.25) is 0 Å². The Morgan fingerprint density at radius 1 is 1.10 bits per heavy atom. The van der Waals surface area contributed by atoms with Crippen LogP contribution in [0, 0.1) is 6.92 Å². The van der Waals surface area contributed by atoms with Gasteiger partial charge < -0.3 is 15.5 Å². The first kappa shape index (κ1) is 12.7. The first-order valence-corrected chi connectivity index (χ1v) is 6.63. The van der Waals surface area contributed by atoms with E-state index < -0.39 is 0 Å². The van der Waals surface area contributed by atoms with Crippen molar-refractivity contribution in [1.82, 2.24) is 4.98 Å². The van der Waals surface area contributed by atoms with Crippen LogP contribution in [0.3, 0.4) is 0 Å². The molecule has 3 N–H and O–H groups in total. The second-order valence-corrected chi connectivity index (χ2v) is 4.79. The van der Waals surface area contributed by atoms with E-state index in [1.807, 2.05) is 25.1 Å². The Kier molecular flexibility index (Phi) is 3.39. The van der Waals surface area contributed by atoms with Crippen LogP contribution >= 0.6 is 0 Å². The van der Waals surface area contributed by atoms with Crippen LogP contribution in [0.4, 0.5) is 5.69 Å². The average Bonchev–Trinajstić information content (AvgIpc) is 2.85. The van der Waals surface area contributed by atoms with Gasteiger partial charge in [0.05, 0.1) is 0 Å². The van der Waals surface area contributed by atoms with Crippen LogP contribution in [0.15, 0.2) is 46.9 Å². The van der Waals surface area contributed by atoms with E-state index >= 15 is 0 Å². The van der Waals surface area contributed by atoms with Gasteiger partial charge in [-0.15, -0.1) is 0 Å². The number of oxazole rings is 1. The fourth-order valence-corrected chi connectivity index (χ4v) is 2.15. The predicted molar refractivity (Wildman–Crippen MR) is 80.4 cm³/mol. The summed E-state index contributed by atoms with van der Waals surface area (Å²) in [6.45, 7) is 3.20. The number of nitrogens with zero attached hydrogens (tertiary/aromatic N) is 1. The quantitative estimate of drug-likeness (QED) is 0.762. The van der Waals surface area contributed by atoms with Crippen molar-refractivity contribution in [3.05, 3.63) is 59.5 Å². The Hall–Kier alpha value is -2.33. The lowest BCUT2D eigenvalue weighted by atomic mass is 10.1. The third-order valence-corrected chi connectivity index (χ3v) is 3.25. The van der Waals surface area contributed by atoms with Gasteiger partial charge in [-0.2, -0.15) is 0 Å². The molecule has 3 aromatic rings. The molecule has 0 unspecified atom stereocenters. The van der Waals surface area contributed by atoms with E-state index in [1.54, 1.807) is 0 Å². The molecule has 0 spiro atoms. The number of aromatic nitrogens is 1. The number of benzene rings is 2. The molecule has 3 rings (SSSR count). The standard InChI is InChI=1S/C16H17N3O/c1-11-19-15-8-14(6-7-16(15)20-11)18-10-13-4-2-12(9-17)3-5-13/h2-8,18H,9-10,17H2,1H3. The highest BCUT2D eigenvalue weighted by Crippen LogP contribution is 2.20. The van der Waals surface area contributed by atoms with Crippen molar-refractivity contribution in [3.63, 3.8) is 0 Å². The summed E-state index contributed by atoms with van der Waals surface area (Å²) >= 11 is 0. The maximum atomic E-state index is 5.59. The topological polar surface area (TPSA) is 64.1 Å². The lowest BCUT2D eigenvalue weighted by molar-refractivity contribution is 0.561. The van der Waals surface area contributed by atoms with Crippen LogP contribution < -0.4 is 11.1 Å². The van der Waals surface area contributed by atoms with Gasteiger partial charge in [-0.1, -0.05) is 24.3 Å². The van der Waals surface area contributed by atoms with E-state index in [-0.39, 0.29) is 0 Å². The maximum Gasteiger partial charge on any atom is 0.192 e. The van der Waals surface area contributed by atoms with Crippen molar-refractivity contribution in [2.75, 3.05) is 5.32 Å². The van der Waals surface area contributed by atoms with Gasteiger partial charge >= 0.3 is 0 Å². The van der Waals surface area contributed by atoms with E-state index in [4.69, 9.17) is 10.2 Å². The molecule has 4 nitrogen and oxygen atoms in total. The van der Waals surface area contributed by atoms with Crippen LogP contribution in [-0.2, 0) is 13.1 Å². The Morgan fingerprint density at radius 2 is 1.85 bits per heavy atom. The van der Waals surface area contributed by atoms with Gasteiger partial charge in [0.15, 0.2) is 11.5 Å². The molecule has 0 radical (unpaired) electrons. The third kappa shape index (κ3) is 2.65. The molecule has 0 bridgehead atoms. The first-order valence-electron chi connectivity index (χ1n) is 6.63. The molecule has 0 aliphatic carbocycles. The smallest absolute Gasteiger partial charge is 0.192 e. The van der Waals surface area contributed by atoms with Gasteiger partial charge in [0.1, 0.15) is 5.52 Å². The molecular formula is C16H17N3O. The highest BCUT2D eigenvalue weighted by atomic mass is 16.3. The Balaban J connectivity index is 1.72. The zero-order valence-corrected chi connectivity index (χ0v) is 11.4. The molecule has 0 aliphatic rings. The van der Waals surface area contributed by atoms with Crippen LogP contribution in [0.5, 0.6) is 0 Å². The minimum absolute atomic E-state index is 0.579. The molecule has 0 fully saturated rings. The molecular weight excluding hydrogens is 250 g/mol. The summed E-state index contributed by atoms with van der Waals surface area (Å²) in [7, 11) is 0. The molecule has 4 heteroatoms. The molecule has 1 heterocycles. The summed E-state index contributed by atoms with van der Waals surface area (Å²) in [5.74, 6) is 0.689. The molecule has 0 saturated carbocycles. The normalized spacial score (nSPS) is 10.9. The fourth-order valence-electron chi connectivity index (χ4n) is 2.15. The SMILES string of the molecule is Cc1nc2cc(NCc3ccc(CN)cc3)ccc2o1. The average molecular weight is 267 g/mol. The molecule has 0 atom stereocenters. The van der Waals surface area contributed by atoms with Crippen LogP contribution in [0.1, 0.15) is 17.0 Å². The van der Waals surface area contributed by atoms with Gasteiger partial charge in [0.25, 0.3) is 0 Å². The highest BCUT2D eigenvalue weighted by molar-refractivity contribution is 5.77. The maximum absolute atomic E-state index is 5.59. The summed E-state index contributed by atoms with van der Waals surface area (Å²) in [6, 6.07) is 14.2. The van der Waals surface area contributed by atoms with Gasteiger partial charge in [-0.3, -0.25) is 0 Å². The van der Waals surface area contributed by atoms with Gasteiger partial charge in [0, 0.05) is 25.7 Å². The van der Waals surface area contributed by atoms with E-state index in [0.717, 1.165) is 28.9 Å². The monoisotopic (exact) mass is 267 g/mol. The first-order chi connectivity index (χ1) is 9.74.